The number of ether oxygens (including phenoxy) is 2. The van der Waals surface area contributed by atoms with Crippen LogP contribution in [0.2, 0.25) is 5.02 Å². The number of hydrogen-bond donors (Lipinski definition) is 1. The summed E-state index contributed by atoms with van der Waals surface area (Å²) in [5, 5.41) is 11.0. The molecule has 0 fully saturated rings. The maximum Gasteiger partial charge on any atom is 0.231 e. The fourth-order valence-electron chi connectivity index (χ4n) is 2.04. The first kappa shape index (κ1) is 15.1. The molecule has 1 heterocycles. The van der Waals surface area contributed by atoms with E-state index < -0.39 is 11.3 Å². The molecule has 0 aromatic heterocycles. The lowest BCUT2D eigenvalue weighted by Gasteiger charge is -2.26. The van der Waals surface area contributed by atoms with Gasteiger partial charge in [-0.05, 0) is 51.5 Å². The molecule has 1 aromatic carbocycles. The number of nitrogens with zero attached hydrogens (tertiary/aromatic N) is 1. The predicted molar refractivity (Wildman–Crippen MR) is 79.4 cm³/mol. The fraction of sp³-hybridized carbons (Fsp3) is 0.533. The number of halogens is 1. The molecule has 2 atom stereocenters. The monoisotopic (exact) mass is 297 g/mol. The van der Waals surface area contributed by atoms with Crippen LogP contribution in [0.1, 0.15) is 34.1 Å². The Morgan fingerprint density at radius 2 is 2.00 bits per heavy atom. The Morgan fingerprint density at radius 3 is 2.50 bits per heavy atom. The summed E-state index contributed by atoms with van der Waals surface area (Å²) in [5.74, 6) is 1.08. The second kappa shape index (κ2) is 5.26. The van der Waals surface area contributed by atoms with Crippen molar-refractivity contribution in [1.82, 2.24) is 0 Å². The van der Waals surface area contributed by atoms with Crippen molar-refractivity contribution in [1.29, 1.82) is 0 Å². The highest BCUT2D eigenvalue weighted by atomic mass is 35.5. The van der Waals surface area contributed by atoms with Gasteiger partial charge >= 0.3 is 0 Å². The topological polar surface area (TPSA) is 51.1 Å². The van der Waals surface area contributed by atoms with Crippen molar-refractivity contribution >= 4 is 17.5 Å². The summed E-state index contributed by atoms with van der Waals surface area (Å²) in [5.41, 5.74) is -1.93. The van der Waals surface area contributed by atoms with E-state index in [1.54, 1.807) is 31.2 Å². The Labute approximate surface area is 124 Å². The molecule has 0 bridgehead atoms. The molecule has 4 nitrogen and oxygen atoms in total. The van der Waals surface area contributed by atoms with Gasteiger partial charge in [0.25, 0.3) is 0 Å². The minimum atomic E-state index is -1.17. The highest BCUT2D eigenvalue weighted by Crippen LogP contribution is 2.32. The van der Waals surface area contributed by atoms with Crippen LogP contribution in [-0.2, 0) is 4.74 Å². The number of rotatable bonds is 4. The number of hydrogen-bond acceptors (Lipinski definition) is 4. The molecule has 0 saturated carbocycles. The zero-order valence-corrected chi connectivity index (χ0v) is 12.9. The van der Waals surface area contributed by atoms with Crippen molar-refractivity contribution in [3.8, 4) is 5.75 Å². The van der Waals surface area contributed by atoms with Gasteiger partial charge < -0.3 is 14.6 Å². The minimum absolute atomic E-state index is 0.379. The molecule has 1 aliphatic heterocycles. The van der Waals surface area contributed by atoms with Crippen molar-refractivity contribution in [2.45, 2.75) is 51.5 Å². The second-order valence-corrected chi connectivity index (χ2v) is 5.91. The van der Waals surface area contributed by atoms with E-state index in [-0.39, 0.29) is 6.10 Å². The molecule has 1 aromatic rings. The van der Waals surface area contributed by atoms with E-state index in [1.807, 2.05) is 20.8 Å². The standard InChI is InChI=1S/C15H20ClNO3/c1-5-15(18)10(2)19-13(17-15)14(3,4)20-12-8-6-11(16)7-9-12/h6-10,18H,5H2,1-4H3. The predicted octanol–water partition coefficient (Wildman–Crippen LogP) is 3.41. The number of aliphatic hydroxyl groups is 1. The van der Waals surface area contributed by atoms with E-state index in [1.165, 1.54) is 0 Å². The van der Waals surface area contributed by atoms with Crippen LogP contribution in [0.4, 0.5) is 0 Å². The molecular formula is C15H20ClNO3. The lowest BCUT2D eigenvalue weighted by atomic mass is 10.1. The molecule has 0 amide bonds. The van der Waals surface area contributed by atoms with E-state index in [9.17, 15) is 5.11 Å². The molecule has 2 unspecified atom stereocenters. The van der Waals surface area contributed by atoms with Crippen molar-refractivity contribution in [2.75, 3.05) is 0 Å². The van der Waals surface area contributed by atoms with Crippen LogP contribution in [0.25, 0.3) is 0 Å². The summed E-state index contributed by atoms with van der Waals surface area (Å²) in [6.45, 7) is 7.39. The maximum atomic E-state index is 10.3. The third kappa shape index (κ3) is 2.91. The minimum Gasteiger partial charge on any atom is -0.478 e. The van der Waals surface area contributed by atoms with Crippen LogP contribution >= 0.6 is 11.6 Å². The van der Waals surface area contributed by atoms with Crippen molar-refractivity contribution < 1.29 is 14.6 Å². The second-order valence-electron chi connectivity index (χ2n) is 5.48. The largest absolute Gasteiger partial charge is 0.478 e. The van der Waals surface area contributed by atoms with E-state index in [4.69, 9.17) is 21.1 Å². The average Bonchev–Trinajstić information content (AvgIpc) is 2.70. The van der Waals surface area contributed by atoms with Gasteiger partial charge in [0, 0.05) is 5.02 Å². The first-order chi connectivity index (χ1) is 9.27. The van der Waals surface area contributed by atoms with Gasteiger partial charge in [0.1, 0.15) is 11.9 Å². The highest BCUT2D eigenvalue weighted by molar-refractivity contribution is 6.30. The van der Waals surface area contributed by atoms with Crippen LogP contribution in [0.15, 0.2) is 29.3 Å². The normalized spacial score (nSPS) is 26.1. The van der Waals surface area contributed by atoms with Gasteiger partial charge in [-0.25, -0.2) is 4.99 Å². The van der Waals surface area contributed by atoms with Gasteiger partial charge in [0.05, 0.1) is 0 Å². The quantitative estimate of drug-likeness (QED) is 0.926. The van der Waals surface area contributed by atoms with Gasteiger partial charge in [-0.3, -0.25) is 0 Å². The summed E-state index contributed by atoms with van der Waals surface area (Å²) in [6, 6.07) is 7.09. The molecule has 0 spiro atoms. The van der Waals surface area contributed by atoms with E-state index in [2.05, 4.69) is 4.99 Å². The maximum absolute atomic E-state index is 10.3. The summed E-state index contributed by atoms with van der Waals surface area (Å²) in [6.07, 6.45) is 0.116. The first-order valence-corrected chi connectivity index (χ1v) is 7.08. The van der Waals surface area contributed by atoms with E-state index >= 15 is 0 Å². The van der Waals surface area contributed by atoms with Gasteiger partial charge in [0.2, 0.25) is 5.90 Å². The molecule has 0 aliphatic carbocycles. The van der Waals surface area contributed by atoms with Crippen LogP contribution in [-0.4, -0.2) is 28.4 Å². The third-order valence-corrected chi connectivity index (χ3v) is 3.71. The molecule has 20 heavy (non-hydrogen) atoms. The SMILES string of the molecule is CCC1(O)N=C(C(C)(C)Oc2ccc(Cl)cc2)OC1C. The molecule has 1 aliphatic rings. The van der Waals surface area contributed by atoms with Crippen molar-refractivity contribution in [3.05, 3.63) is 29.3 Å². The van der Waals surface area contributed by atoms with Crippen molar-refractivity contribution in [2.24, 2.45) is 4.99 Å². The zero-order valence-electron chi connectivity index (χ0n) is 12.2. The Kier molecular flexibility index (Phi) is 3.98. The van der Waals surface area contributed by atoms with Gasteiger partial charge in [-0.1, -0.05) is 18.5 Å². The Balaban J connectivity index is 2.19. The fourth-order valence-corrected chi connectivity index (χ4v) is 2.16. The van der Waals surface area contributed by atoms with Gasteiger partial charge in [0.15, 0.2) is 11.3 Å². The first-order valence-electron chi connectivity index (χ1n) is 6.71. The van der Waals surface area contributed by atoms with E-state index in [0.717, 1.165) is 0 Å². The third-order valence-electron chi connectivity index (χ3n) is 3.46. The molecule has 0 radical (unpaired) electrons. The molecule has 5 heteroatoms. The molecule has 2 rings (SSSR count). The summed E-state index contributed by atoms with van der Waals surface area (Å²) in [4.78, 5) is 4.30. The zero-order chi connectivity index (χ0) is 15.0. The number of benzene rings is 1. The number of aliphatic imine (C=N–C) groups is 1. The van der Waals surface area contributed by atoms with Crippen LogP contribution in [0, 0.1) is 0 Å². The van der Waals surface area contributed by atoms with Gasteiger partial charge in [-0.2, -0.15) is 0 Å². The Bertz CT molecular complexity index is 512. The van der Waals surface area contributed by atoms with Crippen LogP contribution < -0.4 is 4.74 Å². The van der Waals surface area contributed by atoms with Crippen LogP contribution in [0.3, 0.4) is 0 Å². The lowest BCUT2D eigenvalue weighted by Crippen LogP contribution is -2.39. The van der Waals surface area contributed by atoms with Crippen LogP contribution in [0.5, 0.6) is 5.75 Å². The van der Waals surface area contributed by atoms with E-state index in [0.29, 0.717) is 23.1 Å². The summed E-state index contributed by atoms with van der Waals surface area (Å²) >= 11 is 5.85. The Morgan fingerprint density at radius 1 is 1.40 bits per heavy atom. The van der Waals surface area contributed by atoms with Gasteiger partial charge in [-0.15, -0.1) is 0 Å². The molecule has 1 N–H and O–H groups in total. The molecular weight excluding hydrogens is 278 g/mol. The highest BCUT2D eigenvalue weighted by Gasteiger charge is 2.45. The lowest BCUT2D eigenvalue weighted by molar-refractivity contribution is -0.0317. The molecule has 110 valence electrons. The summed E-state index contributed by atoms with van der Waals surface area (Å²) < 4.78 is 11.6. The van der Waals surface area contributed by atoms with Crippen molar-refractivity contribution in [3.63, 3.8) is 0 Å². The summed E-state index contributed by atoms with van der Waals surface area (Å²) in [7, 11) is 0. The molecule has 0 saturated heterocycles. The Hall–Kier alpha value is -1.26. The average molecular weight is 298 g/mol. The smallest absolute Gasteiger partial charge is 0.231 e.